The van der Waals surface area contributed by atoms with E-state index in [1.54, 1.807) is 0 Å². The molecular weight excluding hydrogens is 436 g/mol. The molecule has 0 radical (unpaired) electrons. The van der Waals surface area contributed by atoms with Gasteiger partial charge in [-0.3, -0.25) is 4.79 Å². The Morgan fingerprint density at radius 1 is 0.943 bits per heavy atom. The zero-order valence-corrected chi connectivity index (χ0v) is 21.1. The van der Waals surface area contributed by atoms with Crippen molar-refractivity contribution in [3.05, 3.63) is 48.5 Å². The number of hydrogen-bond acceptors (Lipinski definition) is 5. The molecule has 5 rings (SSSR count). The predicted molar refractivity (Wildman–Crippen MR) is 144 cm³/mol. The second kappa shape index (κ2) is 10.7. The van der Waals surface area contributed by atoms with Gasteiger partial charge in [0.2, 0.25) is 11.9 Å². The Kier molecular flexibility index (Phi) is 7.23. The molecule has 0 saturated carbocycles. The summed E-state index contributed by atoms with van der Waals surface area (Å²) in [6.07, 6.45) is 5.67. The van der Waals surface area contributed by atoms with E-state index in [0.717, 1.165) is 61.9 Å². The first-order valence-electron chi connectivity index (χ1n) is 13.1. The fourth-order valence-corrected chi connectivity index (χ4v) is 5.38. The number of piperidine rings is 2. The maximum atomic E-state index is 12.9. The van der Waals surface area contributed by atoms with E-state index in [2.05, 4.69) is 48.8 Å². The van der Waals surface area contributed by atoms with Crippen molar-refractivity contribution in [3.8, 4) is 0 Å². The van der Waals surface area contributed by atoms with Gasteiger partial charge >= 0.3 is 0 Å². The van der Waals surface area contributed by atoms with Crippen LogP contribution in [0.15, 0.2) is 48.5 Å². The molecule has 0 atom stereocenters. The molecule has 0 spiro atoms. The van der Waals surface area contributed by atoms with Crippen molar-refractivity contribution in [3.63, 3.8) is 0 Å². The third-order valence-corrected chi connectivity index (χ3v) is 7.52. The minimum Gasteiger partial charge on any atom is -0.378 e. The molecule has 2 aliphatic rings. The molecule has 186 valence electrons. The van der Waals surface area contributed by atoms with Crippen LogP contribution in [-0.2, 0) is 11.3 Å². The largest absolute Gasteiger partial charge is 0.378 e. The summed E-state index contributed by atoms with van der Waals surface area (Å²) in [4.78, 5) is 25.0. The van der Waals surface area contributed by atoms with Crippen LogP contribution in [0.5, 0.6) is 0 Å². The van der Waals surface area contributed by atoms with E-state index in [1.165, 1.54) is 37.9 Å². The molecule has 2 aromatic carbocycles. The Morgan fingerprint density at radius 3 is 2.37 bits per heavy atom. The van der Waals surface area contributed by atoms with Crippen molar-refractivity contribution in [1.29, 1.82) is 0 Å². The summed E-state index contributed by atoms with van der Waals surface area (Å²) >= 11 is 0. The highest BCUT2D eigenvalue weighted by atomic mass is 16.1. The van der Waals surface area contributed by atoms with E-state index in [-0.39, 0.29) is 11.8 Å². The Balaban J connectivity index is 1.23. The summed E-state index contributed by atoms with van der Waals surface area (Å²) in [6, 6.07) is 16.5. The molecule has 0 bridgehead atoms. The van der Waals surface area contributed by atoms with Crippen LogP contribution in [0.2, 0.25) is 0 Å². The highest BCUT2D eigenvalue weighted by molar-refractivity contribution is 5.93. The SMILES string of the molecule is CN(C)c1ccc(NC(=O)C2CCN(c3nc4ccccc4n3CCN3CCCCC3)CC2)cc1. The quantitative estimate of drug-likeness (QED) is 0.549. The minimum atomic E-state index is 0.0333. The second-order valence-corrected chi connectivity index (χ2v) is 10.1. The summed E-state index contributed by atoms with van der Waals surface area (Å²) in [6.45, 7) is 6.15. The van der Waals surface area contributed by atoms with Gasteiger partial charge in [0.25, 0.3) is 0 Å². The van der Waals surface area contributed by atoms with E-state index in [1.807, 2.05) is 38.4 Å². The van der Waals surface area contributed by atoms with Gasteiger partial charge in [0.15, 0.2) is 0 Å². The highest BCUT2D eigenvalue weighted by Gasteiger charge is 2.28. The van der Waals surface area contributed by atoms with Crippen LogP contribution in [-0.4, -0.2) is 67.2 Å². The molecule has 0 unspecified atom stereocenters. The van der Waals surface area contributed by atoms with Gasteiger partial charge in [-0.2, -0.15) is 0 Å². The van der Waals surface area contributed by atoms with E-state index in [0.29, 0.717) is 0 Å². The van der Waals surface area contributed by atoms with Crippen molar-refractivity contribution in [2.24, 2.45) is 5.92 Å². The van der Waals surface area contributed by atoms with Gasteiger partial charge in [-0.1, -0.05) is 18.6 Å². The van der Waals surface area contributed by atoms with E-state index >= 15 is 0 Å². The Bertz CT molecular complexity index is 1120. The van der Waals surface area contributed by atoms with E-state index < -0.39 is 0 Å². The van der Waals surface area contributed by atoms with Gasteiger partial charge < -0.3 is 24.6 Å². The van der Waals surface area contributed by atoms with Crippen LogP contribution in [0.4, 0.5) is 17.3 Å². The number of fused-ring (bicyclic) bond motifs is 1. The van der Waals surface area contributed by atoms with E-state index in [9.17, 15) is 4.79 Å². The summed E-state index contributed by atoms with van der Waals surface area (Å²) in [7, 11) is 4.03. The van der Waals surface area contributed by atoms with Gasteiger partial charge in [-0.25, -0.2) is 4.98 Å². The lowest BCUT2D eigenvalue weighted by Gasteiger charge is -2.33. The number of hydrogen-bond donors (Lipinski definition) is 1. The number of imidazole rings is 1. The van der Waals surface area contributed by atoms with Crippen molar-refractivity contribution in [1.82, 2.24) is 14.5 Å². The number of likely N-dealkylation sites (tertiary alicyclic amines) is 1. The third kappa shape index (κ3) is 5.45. The fourth-order valence-electron chi connectivity index (χ4n) is 5.38. The maximum Gasteiger partial charge on any atom is 0.227 e. The first-order valence-corrected chi connectivity index (χ1v) is 13.1. The van der Waals surface area contributed by atoms with Gasteiger partial charge in [0.1, 0.15) is 0 Å². The normalized spacial score (nSPS) is 17.6. The Hall–Kier alpha value is -3.06. The summed E-state index contributed by atoms with van der Waals surface area (Å²) in [5.41, 5.74) is 4.25. The number of carbonyl (C=O) groups excluding carboxylic acids is 1. The lowest BCUT2D eigenvalue weighted by molar-refractivity contribution is -0.120. The molecule has 0 aliphatic carbocycles. The second-order valence-electron chi connectivity index (χ2n) is 10.1. The summed E-state index contributed by atoms with van der Waals surface area (Å²) < 4.78 is 2.40. The topological polar surface area (TPSA) is 56.6 Å². The lowest BCUT2D eigenvalue weighted by Crippen LogP contribution is -2.40. The number of amides is 1. The molecule has 1 amide bonds. The molecule has 7 heteroatoms. The van der Waals surface area contributed by atoms with Gasteiger partial charge in [0, 0.05) is 57.6 Å². The summed E-state index contributed by atoms with van der Waals surface area (Å²) in [5.74, 6) is 1.22. The first-order chi connectivity index (χ1) is 17.1. The molecule has 3 heterocycles. The Labute approximate surface area is 208 Å². The zero-order valence-electron chi connectivity index (χ0n) is 21.1. The van der Waals surface area contributed by atoms with Crippen LogP contribution in [0, 0.1) is 5.92 Å². The fraction of sp³-hybridized carbons (Fsp3) is 0.500. The number of benzene rings is 2. The lowest BCUT2D eigenvalue weighted by atomic mass is 9.96. The number of aromatic nitrogens is 2. The molecule has 2 saturated heterocycles. The molecular formula is C28H38N6O. The summed E-state index contributed by atoms with van der Waals surface area (Å²) in [5, 5.41) is 3.12. The molecule has 1 N–H and O–H groups in total. The van der Waals surface area contributed by atoms with Crippen LogP contribution < -0.4 is 15.1 Å². The smallest absolute Gasteiger partial charge is 0.227 e. The van der Waals surface area contributed by atoms with Crippen molar-refractivity contribution in [2.45, 2.75) is 38.6 Å². The van der Waals surface area contributed by atoms with Crippen LogP contribution >= 0.6 is 0 Å². The van der Waals surface area contributed by atoms with E-state index in [4.69, 9.17) is 4.98 Å². The van der Waals surface area contributed by atoms with Crippen molar-refractivity contribution < 1.29 is 4.79 Å². The molecule has 2 fully saturated rings. The number of anilines is 3. The van der Waals surface area contributed by atoms with Crippen molar-refractivity contribution >= 4 is 34.3 Å². The molecule has 35 heavy (non-hydrogen) atoms. The minimum absolute atomic E-state index is 0.0333. The third-order valence-electron chi connectivity index (χ3n) is 7.52. The molecule has 2 aliphatic heterocycles. The number of nitrogens with zero attached hydrogens (tertiary/aromatic N) is 5. The monoisotopic (exact) mass is 474 g/mol. The van der Waals surface area contributed by atoms with Crippen LogP contribution in [0.3, 0.4) is 0 Å². The van der Waals surface area contributed by atoms with Crippen LogP contribution in [0.25, 0.3) is 11.0 Å². The number of rotatable bonds is 7. The van der Waals surface area contributed by atoms with Gasteiger partial charge in [0.05, 0.1) is 11.0 Å². The number of carbonyl (C=O) groups is 1. The standard InChI is InChI=1S/C28H38N6O/c1-31(2)24-12-10-23(11-13-24)29-27(35)22-14-18-33(19-15-22)28-30-25-8-4-5-9-26(25)34(28)21-20-32-16-6-3-7-17-32/h4-5,8-13,22H,3,6-7,14-21H2,1-2H3,(H,29,35). The Morgan fingerprint density at radius 2 is 1.66 bits per heavy atom. The predicted octanol–water partition coefficient (Wildman–Crippen LogP) is 4.44. The molecule has 7 nitrogen and oxygen atoms in total. The average Bonchev–Trinajstić information content (AvgIpc) is 3.27. The zero-order chi connectivity index (χ0) is 24.2. The maximum absolute atomic E-state index is 12.9. The number of para-hydroxylation sites is 2. The number of nitrogens with one attached hydrogen (secondary N) is 1. The van der Waals surface area contributed by atoms with Gasteiger partial charge in [-0.05, 0) is 75.2 Å². The van der Waals surface area contributed by atoms with Gasteiger partial charge in [-0.15, -0.1) is 0 Å². The molecule has 1 aromatic heterocycles. The average molecular weight is 475 g/mol. The highest BCUT2D eigenvalue weighted by Crippen LogP contribution is 2.28. The van der Waals surface area contributed by atoms with Crippen LogP contribution in [0.1, 0.15) is 32.1 Å². The molecule has 3 aromatic rings. The first kappa shape index (κ1) is 23.7. The van der Waals surface area contributed by atoms with Crippen molar-refractivity contribution in [2.75, 3.05) is 61.9 Å².